The molecule has 3 aromatic rings. The fourth-order valence-electron chi connectivity index (χ4n) is 2.72. The summed E-state index contributed by atoms with van der Waals surface area (Å²) in [5.41, 5.74) is -0.260. The fraction of sp³-hybridized carbons (Fsp3) is 0.150. The van der Waals surface area contributed by atoms with Crippen LogP contribution >= 0.6 is 22.9 Å². The second kappa shape index (κ2) is 8.08. The second-order valence-corrected chi connectivity index (χ2v) is 7.59. The third kappa shape index (κ3) is 4.47. The molecule has 5 nitrogen and oxygen atoms in total. The average Bonchev–Trinajstić information content (AvgIpc) is 3.36. The summed E-state index contributed by atoms with van der Waals surface area (Å²) < 4.78 is 55.1. The minimum atomic E-state index is -4.61. The van der Waals surface area contributed by atoms with Gasteiger partial charge < -0.3 is 19.5 Å². The van der Waals surface area contributed by atoms with Crippen LogP contribution in [0.4, 0.5) is 18.9 Å². The Morgan fingerprint density at radius 2 is 1.93 bits per heavy atom. The molecule has 0 radical (unpaired) electrons. The van der Waals surface area contributed by atoms with Crippen molar-refractivity contribution in [3.63, 3.8) is 0 Å². The first-order valence-corrected chi connectivity index (χ1v) is 9.83. The molecule has 2 heterocycles. The largest absolute Gasteiger partial charge is 0.489 e. The van der Waals surface area contributed by atoms with Gasteiger partial charge in [-0.25, -0.2) is 0 Å². The first-order chi connectivity index (χ1) is 14.3. The quantitative estimate of drug-likeness (QED) is 0.514. The normalized spacial score (nSPS) is 12.7. The maximum atomic E-state index is 13.0. The monoisotopic (exact) mass is 455 g/mol. The molecule has 0 unspecified atom stereocenters. The summed E-state index contributed by atoms with van der Waals surface area (Å²) in [6.07, 6.45) is -4.61. The zero-order valence-corrected chi connectivity index (χ0v) is 16.7. The first kappa shape index (κ1) is 20.4. The maximum absolute atomic E-state index is 13.0. The minimum absolute atomic E-state index is 0.00304. The SMILES string of the molecule is O=C(Nc1ccc(Cl)c(C(F)(F)F)c1)c1cc(COc2ccc3c(c2)OCO3)cs1. The highest BCUT2D eigenvalue weighted by molar-refractivity contribution is 7.12. The van der Waals surface area contributed by atoms with Crippen molar-refractivity contribution in [1.82, 2.24) is 0 Å². The Kier molecular flexibility index (Phi) is 5.48. The van der Waals surface area contributed by atoms with Crippen molar-refractivity contribution in [3.8, 4) is 17.2 Å². The smallest absolute Gasteiger partial charge is 0.417 e. The second-order valence-electron chi connectivity index (χ2n) is 6.27. The Labute approximate surface area is 177 Å². The van der Waals surface area contributed by atoms with E-state index in [1.54, 1.807) is 29.6 Å². The van der Waals surface area contributed by atoms with Crippen molar-refractivity contribution in [2.24, 2.45) is 0 Å². The van der Waals surface area contributed by atoms with E-state index in [0.717, 1.165) is 29.0 Å². The maximum Gasteiger partial charge on any atom is 0.417 e. The van der Waals surface area contributed by atoms with Gasteiger partial charge in [0, 0.05) is 17.3 Å². The summed E-state index contributed by atoms with van der Waals surface area (Å²) in [7, 11) is 0. The molecule has 0 saturated heterocycles. The Hall–Kier alpha value is -2.91. The number of hydrogen-bond donors (Lipinski definition) is 1. The Bertz CT molecular complexity index is 1100. The Morgan fingerprint density at radius 1 is 1.13 bits per heavy atom. The van der Waals surface area contributed by atoms with Crippen LogP contribution < -0.4 is 19.5 Å². The molecule has 1 aliphatic heterocycles. The van der Waals surface area contributed by atoms with Crippen LogP contribution in [0.5, 0.6) is 17.2 Å². The van der Waals surface area contributed by atoms with Crippen LogP contribution in [0.15, 0.2) is 47.8 Å². The molecule has 1 N–H and O–H groups in total. The fourth-order valence-corrected chi connectivity index (χ4v) is 3.73. The number of fused-ring (bicyclic) bond motifs is 1. The molecule has 2 aromatic carbocycles. The van der Waals surface area contributed by atoms with Gasteiger partial charge in [0.1, 0.15) is 12.4 Å². The topological polar surface area (TPSA) is 56.8 Å². The lowest BCUT2D eigenvalue weighted by Crippen LogP contribution is -2.12. The molecule has 0 fully saturated rings. The van der Waals surface area contributed by atoms with Crippen LogP contribution in [0.2, 0.25) is 5.02 Å². The molecule has 10 heteroatoms. The van der Waals surface area contributed by atoms with Crippen LogP contribution in [-0.2, 0) is 12.8 Å². The van der Waals surface area contributed by atoms with Crippen molar-refractivity contribution < 1.29 is 32.2 Å². The van der Waals surface area contributed by atoms with E-state index < -0.39 is 22.7 Å². The Balaban J connectivity index is 1.39. The van der Waals surface area contributed by atoms with E-state index in [-0.39, 0.29) is 19.1 Å². The van der Waals surface area contributed by atoms with Gasteiger partial charge in [0.05, 0.1) is 15.5 Å². The van der Waals surface area contributed by atoms with Crippen LogP contribution in [0, 0.1) is 0 Å². The van der Waals surface area contributed by atoms with Crippen LogP contribution in [0.1, 0.15) is 20.8 Å². The van der Waals surface area contributed by atoms with Crippen LogP contribution in [0.3, 0.4) is 0 Å². The third-order valence-electron chi connectivity index (χ3n) is 4.16. The number of rotatable bonds is 5. The van der Waals surface area contributed by atoms with Gasteiger partial charge in [0.2, 0.25) is 6.79 Å². The predicted molar refractivity (Wildman–Crippen MR) is 106 cm³/mol. The number of halogens is 4. The number of amides is 1. The Morgan fingerprint density at radius 3 is 2.73 bits per heavy atom. The zero-order chi connectivity index (χ0) is 21.3. The molecule has 30 heavy (non-hydrogen) atoms. The van der Waals surface area contributed by atoms with Gasteiger partial charge in [-0.15, -0.1) is 11.3 Å². The molecule has 0 aliphatic carbocycles. The molecule has 0 atom stereocenters. The van der Waals surface area contributed by atoms with Gasteiger partial charge in [0.25, 0.3) is 5.91 Å². The van der Waals surface area contributed by atoms with Crippen molar-refractivity contribution >= 4 is 34.5 Å². The summed E-state index contributed by atoms with van der Waals surface area (Å²) in [6, 6.07) is 10.0. The van der Waals surface area contributed by atoms with Crippen molar-refractivity contribution in [1.29, 1.82) is 0 Å². The van der Waals surface area contributed by atoms with Gasteiger partial charge in [-0.1, -0.05) is 11.6 Å². The highest BCUT2D eigenvalue weighted by Crippen LogP contribution is 2.37. The molecule has 1 aromatic heterocycles. The average molecular weight is 456 g/mol. The first-order valence-electron chi connectivity index (χ1n) is 8.57. The molecule has 0 spiro atoms. The molecule has 0 saturated carbocycles. The number of benzene rings is 2. The number of thiophene rings is 1. The van der Waals surface area contributed by atoms with Crippen LogP contribution in [-0.4, -0.2) is 12.7 Å². The highest BCUT2D eigenvalue weighted by Gasteiger charge is 2.33. The van der Waals surface area contributed by atoms with Gasteiger partial charge in [0.15, 0.2) is 11.5 Å². The summed E-state index contributed by atoms with van der Waals surface area (Å²) in [6.45, 7) is 0.377. The van der Waals surface area contributed by atoms with E-state index in [9.17, 15) is 18.0 Å². The van der Waals surface area contributed by atoms with Crippen LogP contribution in [0.25, 0.3) is 0 Å². The summed E-state index contributed by atoms with van der Waals surface area (Å²) in [4.78, 5) is 12.7. The number of carbonyl (C=O) groups excluding carboxylic acids is 1. The summed E-state index contributed by atoms with van der Waals surface area (Å²) in [5, 5.41) is 3.76. The van der Waals surface area contributed by atoms with Gasteiger partial charge in [-0.05, 0) is 41.8 Å². The molecular weight excluding hydrogens is 443 g/mol. The number of anilines is 1. The molecule has 1 amide bonds. The number of alkyl halides is 3. The van der Waals surface area contributed by atoms with Gasteiger partial charge >= 0.3 is 6.18 Å². The standard InChI is InChI=1S/C20H13ClF3NO4S/c21-15-3-1-12(6-14(15)20(22,23)24)25-19(26)18-5-11(9-30-18)8-27-13-2-4-16-17(7-13)29-10-28-16/h1-7,9H,8,10H2,(H,25,26). The highest BCUT2D eigenvalue weighted by atomic mass is 35.5. The predicted octanol–water partition coefficient (Wildman–Crippen LogP) is 5.98. The summed E-state index contributed by atoms with van der Waals surface area (Å²) >= 11 is 6.75. The number of hydrogen-bond acceptors (Lipinski definition) is 5. The van der Waals surface area contributed by atoms with E-state index in [4.69, 9.17) is 25.8 Å². The van der Waals surface area contributed by atoms with Gasteiger partial charge in [-0.2, -0.15) is 13.2 Å². The zero-order valence-electron chi connectivity index (χ0n) is 15.1. The lowest BCUT2D eigenvalue weighted by Gasteiger charge is -2.11. The number of carbonyl (C=O) groups is 1. The molecule has 0 bridgehead atoms. The number of ether oxygens (including phenoxy) is 3. The molecule has 156 valence electrons. The number of nitrogens with one attached hydrogen (secondary N) is 1. The molecule has 1 aliphatic rings. The van der Waals surface area contributed by atoms with Gasteiger partial charge in [-0.3, -0.25) is 4.79 Å². The van der Waals surface area contributed by atoms with E-state index in [0.29, 0.717) is 22.1 Å². The van der Waals surface area contributed by atoms with E-state index in [2.05, 4.69) is 5.32 Å². The van der Waals surface area contributed by atoms with Crippen molar-refractivity contribution in [2.75, 3.05) is 12.1 Å². The molecular formula is C20H13ClF3NO4S. The van der Waals surface area contributed by atoms with Crippen molar-refractivity contribution in [3.05, 3.63) is 68.9 Å². The van der Waals surface area contributed by atoms with E-state index in [1.807, 2.05) is 0 Å². The van der Waals surface area contributed by atoms with E-state index >= 15 is 0 Å². The van der Waals surface area contributed by atoms with Crippen molar-refractivity contribution in [2.45, 2.75) is 12.8 Å². The lowest BCUT2D eigenvalue weighted by atomic mass is 10.2. The molecule has 4 rings (SSSR count). The lowest BCUT2D eigenvalue weighted by molar-refractivity contribution is -0.137. The third-order valence-corrected chi connectivity index (χ3v) is 5.46. The minimum Gasteiger partial charge on any atom is -0.489 e. The summed E-state index contributed by atoms with van der Waals surface area (Å²) in [5.74, 6) is 1.30. The van der Waals surface area contributed by atoms with E-state index in [1.165, 1.54) is 6.07 Å².